The molecule has 0 heterocycles. The zero-order valence-electron chi connectivity index (χ0n) is 17.6. The summed E-state index contributed by atoms with van der Waals surface area (Å²) in [5.41, 5.74) is 4.42. The molecule has 0 radical (unpaired) electrons. The SMILES string of the molecule is CCCN(C)Cc1cc(CSCC(C)C)cc(CN(C)CC(C)C)c1. The van der Waals surface area contributed by atoms with Crippen LogP contribution in [0.5, 0.6) is 0 Å². The van der Waals surface area contributed by atoms with Crippen LogP contribution in [-0.4, -0.2) is 42.7 Å². The Labute approximate surface area is 161 Å². The highest BCUT2D eigenvalue weighted by Crippen LogP contribution is 2.20. The van der Waals surface area contributed by atoms with Gasteiger partial charge < -0.3 is 9.80 Å². The van der Waals surface area contributed by atoms with Gasteiger partial charge in [-0.25, -0.2) is 0 Å². The molecule has 0 saturated heterocycles. The van der Waals surface area contributed by atoms with Crippen molar-refractivity contribution in [2.45, 2.75) is 59.9 Å². The number of hydrogen-bond donors (Lipinski definition) is 0. The van der Waals surface area contributed by atoms with E-state index >= 15 is 0 Å². The fourth-order valence-electron chi connectivity index (χ4n) is 3.29. The van der Waals surface area contributed by atoms with E-state index in [0.717, 1.165) is 37.8 Å². The molecule has 0 aliphatic rings. The van der Waals surface area contributed by atoms with Gasteiger partial charge in [0.2, 0.25) is 0 Å². The Morgan fingerprint density at radius 3 is 1.92 bits per heavy atom. The summed E-state index contributed by atoms with van der Waals surface area (Å²) in [6.07, 6.45) is 1.21. The molecular formula is C22H40N2S. The fraction of sp³-hybridized carbons (Fsp3) is 0.727. The molecule has 1 rings (SSSR count). The predicted octanol–water partition coefficient (Wildman–Crippen LogP) is 5.51. The van der Waals surface area contributed by atoms with Crippen molar-refractivity contribution in [3.63, 3.8) is 0 Å². The maximum Gasteiger partial charge on any atom is 0.0231 e. The minimum atomic E-state index is 0.713. The summed E-state index contributed by atoms with van der Waals surface area (Å²) in [6.45, 7) is 15.9. The summed E-state index contributed by atoms with van der Waals surface area (Å²) in [5.74, 6) is 3.85. The summed E-state index contributed by atoms with van der Waals surface area (Å²) >= 11 is 2.06. The molecule has 25 heavy (non-hydrogen) atoms. The second kappa shape index (κ2) is 12.0. The van der Waals surface area contributed by atoms with Crippen LogP contribution in [0.3, 0.4) is 0 Å². The molecule has 1 aromatic carbocycles. The van der Waals surface area contributed by atoms with Crippen LogP contribution >= 0.6 is 11.8 Å². The van der Waals surface area contributed by atoms with E-state index in [1.54, 1.807) is 0 Å². The summed E-state index contributed by atoms with van der Waals surface area (Å²) in [5, 5.41) is 0. The summed E-state index contributed by atoms with van der Waals surface area (Å²) in [4.78, 5) is 4.88. The molecule has 2 nitrogen and oxygen atoms in total. The molecular weight excluding hydrogens is 324 g/mol. The van der Waals surface area contributed by atoms with Crippen LogP contribution < -0.4 is 0 Å². The Bertz CT molecular complexity index is 485. The Morgan fingerprint density at radius 1 is 0.840 bits per heavy atom. The van der Waals surface area contributed by atoms with Crippen LogP contribution in [0.1, 0.15) is 57.7 Å². The quantitative estimate of drug-likeness (QED) is 0.483. The maximum atomic E-state index is 2.45. The van der Waals surface area contributed by atoms with E-state index < -0.39 is 0 Å². The number of thioether (sulfide) groups is 1. The van der Waals surface area contributed by atoms with Gasteiger partial charge in [-0.2, -0.15) is 11.8 Å². The number of hydrogen-bond acceptors (Lipinski definition) is 3. The normalized spacial score (nSPS) is 12.1. The first kappa shape index (κ1) is 22.5. The molecule has 0 aliphatic heterocycles. The highest BCUT2D eigenvalue weighted by atomic mass is 32.2. The largest absolute Gasteiger partial charge is 0.302 e. The standard InChI is InChI=1S/C22H40N2S/c1-8-9-23(6)14-20-10-21(15-24(7)13-18(2)3)12-22(11-20)17-25-16-19(4)5/h10-12,18-19H,8-9,13-17H2,1-7H3. The Balaban J connectivity index is 2.84. The van der Waals surface area contributed by atoms with Crippen molar-refractivity contribution in [3.8, 4) is 0 Å². The lowest BCUT2D eigenvalue weighted by Gasteiger charge is -2.21. The smallest absolute Gasteiger partial charge is 0.0231 e. The molecule has 0 spiro atoms. The van der Waals surface area contributed by atoms with E-state index in [1.807, 2.05) is 0 Å². The molecule has 0 aliphatic carbocycles. The van der Waals surface area contributed by atoms with E-state index in [4.69, 9.17) is 0 Å². The minimum absolute atomic E-state index is 0.713. The second-order valence-corrected chi connectivity index (χ2v) is 9.43. The van der Waals surface area contributed by atoms with Crippen LogP contribution in [0.4, 0.5) is 0 Å². The Kier molecular flexibility index (Phi) is 10.8. The Hall–Kier alpha value is -0.510. The highest BCUT2D eigenvalue weighted by Gasteiger charge is 2.08. The third-order valence-corrected chi connectivity index (χ3v) is 5.46. The van der Waals surface area contributed by atoms with Crippen molar-refractivity contribution in [1.29, 1.82) is 0 Å². The van der Waals surface area contributed by atoms with Gasteiger partial charge in [0.05, 0.1) is 0 Å². The molecule has 0 unspecified atom stereocenters. The monoisotopic (exact) mass is 364 g/mol. The molecule has 1 aromatic rings. The topological polar surface area (TPSA) is 6.48 Å². The van der Waals surface area contributed by atoms with Crippen molar-refractivity contribution in [2.75, 3.05) is 32.9 Å². The zero-order chi connectivity index (χ0) is 18.8. The van der Waals surface area contributed by atoms with E-state index in [9.17, 15) is 0 Å². The van der Waals surface area contributed by atoms with E-state index in [-0.39, 0.29) is 0 Å². The molecule has 0 N–H and O–H groups in total. The van der Waals surface area contributed by atoms with Crippen LogP contribution in [0, 0.1) is 11.8 Å². The number of nitrogens with zero attached hydrogens (tertiary/aromatic N) is 2. The van der Waals surface area contributed by atoms with Crippen molar-refractivity contribution in [2.24, 2.45) is 11.8 Å². The average Bonchev–Trinajstić information content (AvgIpc) is 2.45. The van der Waals surface area contributed by atoms with Crippen LogP contribution in [0.25, 0.3) is 0 Å². The molecule has 0 aromatic heterocycles. The van der Waals surface area contributed by atoms with Gasteiger partial charge in [-0.05, 0) is 61.3 Å². The van der Waals surface area contributed by atoms with Crippen molar-refractivity contribution < 1.29 is 0 Å². The molecule has 0 atom stereocenters. The van der Waals surface area contributed by atoms with Crippen molar-refractivity contribution in [3.05, 3.63) is 34.9 Å². The van der Waals surface area contributed by atoms with Gasteiger partial charge in [0.25, 0.3) is 0 Å². The minimum Gasteiger partial charge on any atom is -0.302 e. The summed E-state index contributed by atoms with van der Waals surface area (Å²) in [6, 6.07) is 7.26. The summed E-state index contributed by atoms with van der Waals surface area (Å²) < 4.78 is 0. The van der Waals surface area contributed by atoms with Gasteiger partial charge in [0.1, 0.15) is 0 Å². The second-order valence-electron chi connectivity index (χ2n) is 8.40. The lowest BCUT2D eigenvalue weighted by atomic mass is 10.0. The predicted molar refractivity (Wildman–Crippen MR) is 115 cm³/mol. The molecule has 0 fully saturated rings. The first-order valence-electron chi connectivity index (χ1n) is 9.86. The molecule has 144 valence electrons. The van der Waals surface area contributed by atoms with Gasteiger partial charge in [0.15, 0.2) is 0 Å². The van der Waals surface area contributed by atoms with Crippen LogP contribution in [0.15, 0.2) is 18.2 Å². The van der Waals surface area contributed by atoms with E-state index in [1.165, 1.54) is 28.9 Å². The van der Waals surface area contributed by atoms with Gasteiger partial charge in [-0.3, -0.25) is 0 Å². The average molecular weight is 365 g/mol. The van der Waals surface area contributed by atoms with Crippen LogP contribution in [0.2, 0.25) is 0 Å². The lowest BCUT2D eigenvalue weighted by Crippen LogP contribution is -2.23. The van der Waals surface area contributed by atoms with Crippen molar-refractivity contribution in [1.82, 2.24) is 9.80 Å². The molecule has 0 saturated carbocycles. The zero-order valence-corrected chi connectivity index (χ0v) is 18.5. The van der Waals surface area contributed by atoms with Gasteiger partial charge in [-0.1, -0.05) is 52.8 Å². The number of rotatable bonds is 12. The molecule has 3 heteroatoms. The third kappa shape index (κ3) is 10.3. The van der Waals surface area contributed by atoms with E-state index in [2.05, 4.69) is 88.5 Å². The van der Waals surface area contributed by atoms with Gasteiger partial charge >= 0.3 is 0 Å². The lowest BCUT2D eigenvalue weighted by molar-refractivity contribution is 0.288. The van der Waals surface area contributed by atoms with Gasteiger partial charge in [0, 0.05) is 25.4 Å². The maximum absolute atomic E-state index is 2.45. The molecule has 0 amide bonds. The first-order chi connectivity index (χ1) is 11.8. The van der Waals surface area contributed by atoms with E-state index in [0.29, 0.717) is 5.92 Å². The van der Waals surface area contributed by atoms with Gasteiger partial charge in [-0.15, -0.1) is 0 Å². The van der Waals surface area contributed by atoms with Crippen molar-refractivity contribution >= 4 is 11.8 Å². The first-order valence-corrected chi connectivity index (χ1v) is 11.0. The highest BCUT2D eigenvalue weighted by molar-refractivity contribution is 7.98. The molecule has 0 bridgehead atoms. The number of benzene rings is 1. The third-order valence-electron chi connectivity index (χ3n) is 4.02. The van der Waals surface area contributed by atoms with Crippen LogP contribution in [-0.2, 0) is 18.8 Å². The summed E-state index contributed by atoms with van der Waals surface area (Å²) in [7, 11) is 4.47. The Morgan fingerprint density at radius 2 is 1.40 bits per heavy atom. The fourth-order valence-corrected chi connectivity index (χ4v) is 4.28.